The lowest BCUT2D eigenvalue weighted by Gasteiger charge is -2.35. The summed E-state index contributed by atoms with van der Waals surface area (Å²) in [6.07, 6.45) is 0.182. The van der Waals surface area contributed by atoms with Gasteiger partial charge in [0, 0.05) is 25.7 Å². The SMILES string of the molecule is COCCN(CCC(=O)O)C(C)(C)C. The lowest BCUT2D eigenvalue weighted by Crippen LogP contribution is -2.44. The Hall–Kier alpha value is -0.610. The molecular formula is C10H21NO3. The molecule has 0 amide bonds. The first-order chi connectivity index (χ1) is 6.38. The zero-order chi connectivity index (χ0) is 11.2. The number of carboxylic acid groups (broad SMARTS) is 1. The van der Waals surface area contributed by atoms with Gasteiger partial charge in [0.15, 0.2) is 0 Å². The molecule has 0 unspecified atom stereocenters. The van der Waals surface area contributed by atoms with Crippen molar-refractivity contribution in [2.75, 3.05) is 26.8 Å². The zero-order valence-corrected chi connectivity index (χ0v) is 9.54. The molecule has 0 bridgehead atoms. The van der Waals surface area contributed by atoms with Crippen LogP contribution in [0.1, 0.15) is 27.2 Å². The van der Waals surface area contributed by atoms with Crippen molar-refractivity contribution in [3.8, 4) is 0 Å². The van der Waals surface area contributed by atoms with Gasteiger partial charge in [-0.1, -0.05) is 0 Å². The van der Waals surface area contributed by atoms with Gasteiger partial charge in [-0.05, 0) is 20.8 Å². The largest absolute Gasteiger partial charge is 0.481 e. The third-order valence-corrected chi connectivity index (χ3v) is 2.11. The molecule has 84 valence electrons. The molecule has 0 saturated heterocycles. The van der Waals surface area contributed by atoms with Crippen LogP contribution in [0, 0.1) is 0 Å². The van der Waals surface area contributed by atoms with Crippen LogP contribution in [-0.2, 0) is 9.53 Å². The number of rotatable bonds is 6. The van der Waals surface area contributed by atoms with Gasteiger partial charge in [0.05, 0.1) is 13.0 Å². The van der Waals surface area contributed by atoms with Gasteiger partial charge < -0.3 is 9.84 Å². The second kappa shape index (κ2) is 5.98. The van der Waals surface area contributed by atoms with Crippen LogP contribution in [0.15, 0.2) is 0 Å². The van der Waals surface area contributed by atoms with Crippen LogP contribution in [0.2, 0.25) is 0 Å². The number of aliphatic carboxylic acids is 1. The molecule has 0 aliphatic carbocycles. The fourth-order valence-electron chi connectivity index (χ4n) is 1.21. The maximum Gasteiger partial charge on any atom is 0.304 e. The summed E-state index contributed by atoms with van der Waals surface area (Å²) >= 11 is 0. The maximum atomic E-state index is 10.4. The molecule has 4 nitrogen and oxygen atoms in total. The molecular weight excluding hydrogens is 182 g/mol. The van der Waals surface area contributed by atoms with Crippen molar-refractivity contribution in [2.24, 2.45) is 0 Å². The van der Waals surface area contributed by atoms with E-state index in [4.69, 9.17) is 9.84 Å². The highest BCUT2D eigenvalue weighted by atomic mass is 16.5. The van der Waals surface area contributed by atoms with Crippen molar-refractivity contribution in [2.45, 2.75) is 32.7 Å². The van der Waals surface area contributed by atoms with Crippen molar-refractivity contribution >= 4 is 5.97 Å². The standard InChI is InChI=1S/C10H21NO3/c1-10(2,3)11(7-8-14-4)6-5-9(12)13/h5-8H2,1-4H3,(H,12,13). The average molecular weight is 203 g/mol. The van der Waals surface area contributed by atoms with E-state index in [0.29, 0.717) is 13.2 Å². The van der Waals surface area contributed by atoms with E-state index in [-0.39, 0.29) is 12.0 Å². The number of methoxy groups -OCH3 is 1. The minimum atomic E-state index is -0.753. The molecule has 0 atom stereocenters. The Morgan fingerprint density at radius 2 is 1.93 bits per heavy atom. The first-order valence-corrected chi connectivity index (χ1v) is 4.83. The van der Waals surface area contributed by atoms with Crippen LogP contribution in [0.3, 0.4) is 0 Å². The average Bonchev–Trinajstić information content (AvgIpc) is 2.01. The van der Waals surface area contributed by atoms with Crippen molar-refractivity contribution in [3.05, 3.63) is 0 Å². The van der Waals surface area contributed by atoms with Crippen LogP contribution in [0.5, 0.6) is 0 Å². The zero-order valence-electron chi connectivity index (χ0n) is 9.54. The summed E-state index contributed by atoms with van der Waals surface area (Å²) in [7, 11) is 1.65. The number of hydrogen-bond acceptors (Lipinski definition) is 3. The van der Waals surface area contributed by atoms with Gasteiger partial charge in [0.25, 0.3) is 0 Å². The van der Waals surface area contributed by atoms with Gasteiger partial charge in [-0.3, -0.25) is 9.69 Å². The van der Waals surface area contributed by atoms with Crippen LogP contribution in [-0.4, -0.2) is 48.3 Å². The topological polar surface area (TPSA) is 49.8 Å². The van der Waals surface area contributed by atoms with Crippen molar-refractivity contribution in [3.63, 3.8) is 0 Å². The van der Waals surface area contributed by atoms with Gasteiger partial charge in [0.1, 0.15) is 0 Å². The normalized spacial score (nSPS) is 12.1. The molecule has 14 heavy (non-hydrogen) atoms. The lowest BCUT2D eigenvalue weighted by molar-refractivity contribution is -0.137. The van der Waals surface area contributed by atoms with E-state index < -0.39 is 5.97 Å². The second-order valence-electron chi connectivity index (χ2n) is 4.29. The minimum absolute atomic E-state index is 0.00597. The van der Waals surface area contributed by atoms with Gasteiger partial charge >= 0.3 is 5.97 Å². The summed E-state index contributed by atoms with van der Waals surface area (Å²) in [6.45, 7) is 8.20. The highest BCUT2D eigenvalue weighted by molar-refractivity contribution is 5.66. The van der Waals surface area contributed by atoms with Crippen LogP contribution >= 0.6 is 0 Å². The van der Waals surface area contributed by atoms with Gasteiger partial charge in [0.2, 0.25) is 0 Å². The summed E-state index contributed by atoms with van der Waals surface area (Å²) in [5.74, 6) is -0.753. The summed E-state index contributed by atoms with van der Waals surface area (Å²) in [5.41, 5.74) is -0.00597. The van der Waals surface area contributed by atoms with Crippen molar-refractivity contribution < 1.29 is 14.6 Å². The van der Waals surface area contributed by atoms with E-state index in [1.807, 2.05) is 0 Å². The molecule has 0 rings (SSSR count). The lowest BCUT2D eigenvalue weighted by atomic mass is 10.1. The fourth-order valence-corrected chi connectivity index (χ4v) is 1.21. The Labute approximate surface area is 85.9 Å². The highest BCUT2D eigenvalue weighted by Crippen LogP contribution is 2.12. The van der Waals surface area contributed by atoms with E-state index in [9.17, 15) is 4.79 Å². The van der Waals surface area contributed by atoms with Gasteiger partial charge in [-0.2, -0.15) is 0 Å². The number of nitrogens with zero attached hydrogens (tertiary/aromatic N) is 1. The van der Waals surface area contributed by atoms with E-state index in [1.165, 1.54) is 0 Å². The highest BCUT2D eigenvalue weighted by Gasteiger charge is 2.21. The smallest absolute Gasteiger partial charge is 0.304 e. The molecule has 0 radical (unpaired) electrons. The number of carbonyl (C=O) groups is 1. The maximum absolute atomic E-state index is 10.4. The van der Waals surface area contributed by atoms with Crippen LogP contribution in [0.25, 0.3) is 0 Å². The fraction of sp³-hybridized carbons (Fsp3) is 0.900. The predicted molar refractivity (Wildman–Crippen MR) is 55.5 cm³/mol. The van der Waals surface area contributed by atoms with E-state index in [0.717, 1.165) is 6.54 Å². The Kier molecular flexibility index (Phi) is 5.72. The Morgan fingerprint density at radius 1 is 1.36 bits per heavy atom. The monoisotopic (exact) mass is 203 g/mol. The van der Waals surface area contributed by atoms with E-state index >= 15 is 0 Å². The Morgan fingerprint density at radius 3 is 2.29 bits per heavy atom. The number of ether oxygens (including phenoxy) is 1. The summed E-state index contributed by atoms with van der Waals surface area (Å²) in [6, 6.07) is 0. The van der Waals surface area contributed by atoms with Crippen molar-refractivity contribution in [1.29, 1.82) is 0 Å². The molecule has 0 heterocycles. The molecule has 0 aromatic rings. The minimum Gasteiger partial charge on any atom is -0.481 e. The Balaban J connectivity index is 4.04. The first kappa shape index (κ1) is 13.4. The van der Waals surface area contributed by atoms with Crippen molar-refractivity contribution in [1.82, 2.24) is 4.90 Å². The molecule has 0 aromatic carbocycles. The molecule has 4 heteroatoms. The third-order valence-electron chi connectivity index (χ3n) is 2.11. The first-order valence-electron chi connectivity index (χ1n) is 4.83. The molecule has 0 spiro atoms. The van der Waals surface area contributed by atoms with E-state index in [2.05, 4.69) is 25.7 Å². The third kappa shape index (κ3) is 5.94. The van der Waals surface area contributed by atoms with Gasteiger partial charge in [-0.25, -0.2) is 0 Å². The quantitative estimate of drug-likeness (QED) is 0.705. The van der Waals surface area contributed by atoms with Crippen LogP contribution < -0.4 is 0 Å². The van der Waals surface area contributed by atoms with Crippen LogP contribution in [0.4, 0.5) is 0 Å². The number of hydrogen-bond donors (Lipinski definition) is 1. The molecule has 0 aromatic heterocycles. The molecule has 0 aliphatic rings. The van der Waals surface area contributed by atoms with E-state index in [1.54, 1.807) is 7.11 Å². The van der Waals surface area contributed by atoms with Gasteiger partial charge in [-0.15, -0.1) is 0 Å². The second-order valence-corrected chi connectivity index (χ2v) is 4.29. The number of carboxylic acids is 1. The Bertz CT molecular complexity index is 175. The predicted octanol–water partition coefficient (Wildman–Crippen LogP) is 1.21. The molecule has 0 fully saturated rings. The summed E-state index contributed by atoms with van der Waals surface area (Å²) < 4.78 is 4.99. The molecule has 0 aliphatic heterocycles. The molecule has 0 saturated carbocycles. The molecule has 1 N–H and O–H groups in total. The summed E-state index contributed by atoms with van der Waals surface area (Å²) in [5, 5.41) is 8.60. The summed E-state index contributed by atoms with van der Waals surface area (Å²) in [4.78, 5) is 12.6.